The van der Waals surface area contributed by atoms with Crippen LogP contribution in [0.3, 0.4) is 0 Å². The summed E-state index contributed by atoms with van der Waals surface area (Å²) < 4.78 is 5.80. The van der Waals surface area contributed by atoms with Crippen LogP contribution in [0.25, 0.3) is 11.4 Å². The van der Waals surface area contributed by atoms with Crippen LogP contribution in [-0.4, -0.2) is 54.5 Å². The van der Waals surface area contributed by atoms with Crippen LogP contribution in [0.5, 0.6) is 5.75 Å². The molecular formula is C25H38N4O2. The van der Waals surface area contributed by atoms with Gasteiger partial charge in [0.15, 0.2) is 5.82 Å². The van der Waals surface area contributed by atoms with Crippen LogP contribution < -0.4 is 15.0 Å². The van der Waals surface area contributed by atoms with Gasteiger partial charge in [-0.15, -0.1) is 0 Å². The summed E-state index contributed by atoms with van der Waals surface area (Å²) in [5.74, 6) is 2.80. The number of nitrogens with one attached hydrogen (secondary N) is 1. The van der Waals surface area contributed by atoms with Crippen molar-refractivity contribution in [3.8, 4) is 17.1 Å². The molecule has 1 atom stereocenters. The summed E-state index contributed by atoms with van der Waals surface area (Å²) in [5, 5.41) is 12.9. The molecule has 170 valence electrons. The number of rotatable bonds is 9. The van der Waals surface area contributed by atoms with E-state index in [-0.39, 0.29) is 6.61 Å². The standard InChI is InChI=1S/C25H38N4O2/c1-17(2)23-18(3)25(29(5)20-11-7-6-8-12-20)28-24(27-23)19-10-9-13-22(14-19)31-16-21(30)15-26-4/h9-10,13-14,17,20-21,26,30H,6-8,11-12,15-16H2,1-5H3. The molecule has 1 heterocycles. The van der Waals surface area contributed by atoms with Gasteiger partial charge in [0.2, 0.25) is 0 Å². The molecule has 1 aromatic carbocycles. The van der Waals surface area contributed by atoms with E-state index in [0.717, 1.165) is 22.9 Å². The molecule has 6 nitrogen and oxygen atoms in total. The Bertz CT molecular complexity index is 849. The van der Waals surface area contributed by atoms with Gasteiger partial charge in [-0.05, 0) is 44.9 Å². The summed E-state index contributed by atoms with van der Waals surface area (Å²) in [4.78, 5) is 12.3. The number of anilines is 1. The maximum Gasteiger partial charge on any atom is 0.161 e. The molecule has 0 bridgehead atoms. The molecule has 0 saturated heterocycles. The van der Waals surface area contributed by atoms with Gasteiger partial charge in [-0.1, -0.05) is 45.2 Å². The zero-order valence-electron chi connectivity index (χ0n) is 19.7. The van der Waals surface area contributed by atoms with Gasteiger partial charge in [0.05, 0.1) is 5.69 Å². The van der Waals surface area contributed by atoms with Gasteiger partial charge < -0.3 is 20.1 Å². The maximum absolute atomic E-state index is 9.93. The lowest BCUT2D eigenvalue weighted by Crippen LogP contribution is -2.35. The maximum atomic E-state index is 9.93. The SMILES string of the molecule is CNCC(O)COc1cccc(-c2nc(C(C)C)c(C)c(N(C)C3CCCCC3)n2)c1. The summed E-state index contributed by atoms with van der Waals surface area (Å²) in [7, 11) is 3.99. The van der Waals surface area contributed by atoms with Crippen LogP contribution in [0.1, 0.15) is 63.1 Å². The Balaban J connectivity index is 1.92. The fraction of sp³-hybridized carbons (Fsp3) is 0.600. The molecule has 1 saturated carbocycles. The molecule has 31 heavy (non-hydrogen) atoms. The highest BCUT2D eigenvalue weighted by Gasteiger charge is 2.23. The molecule has 0 radical (unpaired) electrons. The third-order valence-corrected chi connectivity index (χ3v) is 6.14. The monoisotopic (exact) mass is 426 g/mol. The Morgan fingerprint density at radius 3 is 2.61 bits per heavy atom. The van der Waals surface area contributed by atoms with Crippen LogP contribution in [0.2, 0.25) is 0 Å². The van der Waals surface area contributed by atoms with E-state index in [0.29, 0.717) is 24.3 Å². The number of aliphatic hydroxyl groups is 1. The smallest absolute Gasteiger partial charge is 0.161 e. The summed E-state index contributed by atoms with van der Waals surface area (Å²) in [6.07, 6.45) is 5.83. The van der Waals surface area contributed by atoms with E-state index in [9.17, 15) is 5.11 Å². The number of likely N-dealkylation sites (N-methyl/N-ethyl adjacent to an activating group) is 1. The topological polar surface area (TPSA) is 70.5 Å². The summed E-state index contributed by atoms with van der Waals surface area (Å²) in [6.45, 7) is 7.26. The highest BCUT2D eigenvalue weighted by molar-refractivity contribution is 5.62. The van der Waals surface area contributed by atoms with E-state index in [1.165, 1.54) is 37.7 Å². The van der Waals surface area contributed by atoms with Crippen LogP contribution in [-0.2, 0) is 0 Å². The number of aliphatic hydroxyl groups excluding tert-OH is 1. The summed E-state index contributed by atoms with van der Waals surface area (Å²) in [6, 6.07) is 8.39. The normalized spacial score (nSPS) is 15.8. The van der Waals surface area contributed by atoms with Gasteiger partial charge >= 0.3 is 0 Å². The third-order valence-electron chi connectivity index (χ3n) is 6.14. The number of hydrogen-bond acceptors (Lipinski definition) is 6. The Labute approximate surface area is 187 Å². The average molecular weight is 427 g/mol. The lowest BCUT2D eigenvalue weighted by atomic mass is 9.94. The van der Waals surface area contributed by atoms with Gasteiger partial charge in [-0.2, -0.15) is 0 Å². The van der Waals surface area contributed by atoms with Crippen molar-refractivity contribution in [2.75, 3.05) is 32.1 Å². The zero-order valence-corrected chi connectivity index (χ0v) is 19.7. The van der Waals surface area contributed by atoms with E-state index in [4.69, 9.17) is 14.7 Å². The van der Waals surface area contributed by atoms with Gasteiger partial charge in [-0.3, -0.25) is 0 Å². The van der Waals surface area contributed by atoms with Gasteiger partial charge in [0, 0.05) is 30.8 Å². The van der Waals surface area contributed by atoms with Gasteiger partial charge in [0.1, 0.15) is 24.3 Å². The van der Waals surface area contributed by atoms with E-state index in [1.54, 1.807) is 0 Å². The fourth-order valence-corrected chi connectivity index (χ4v) is 4.41. The second kappa shape index (κ2) is 10.9. The highest BCUT2D eigenvalue weighted by Crippen LogP contribution is 2.32. The molecule has 1 unspecified atom stereocenters. The summed E-state index contributed by atoms with van der Waals surface area (Å²) >= 11 is 0. The fourth-order valence-electron chi connectivity index (χ4n) is 4.41. The lowest BCUT2D eigenvalue weighted by Gasteiger charge is -2.33. The first-order chi connectivity index (χ1) is 14.9. The first-order valence-corrected chi connectivity index (χ1v) is 11.6. The zero-order chi connectivity index (χ0) is 22.4. The Hall–Kier alpha value is -2.18. The van der Waals surface area contributed by atoms with Gasteiger partial charge in [-0.25, -0.2) is 9.97 Å². The minimum Gasteiger partial charge on any atom is -0.491 e. The number of ether oxygens (including phenoxy) is 1. The molecule has 1 fully saturated rings. The Kier molecular flexibility index (Phi) is 8.27. The first-order valence-electron chi connectivity index (χ1n) is 11.6. The number of aromatic nitrogens is 2. The number of benzene rings is 1. The molecule has 0 aliphatic heterocycles. The minimum atomic E-state index is -0.549. The largest absolute Gasteiger partial charge is 0.491 e. The lowest BCUT2D eigenvalue weighted by molar-refractivity contribution is 0.108. The van der Waals surface area contributed by atoms with Crippen LogP contribution in [0.4, 0.5) is 5.82 Å². The third kappa shape index (κ3) is 5.95. The van der Waals surface area contributed by atoms with Crippen LogP contribution in [0, 0.1) is 6.92 Å². The molecule has 1 aromatic heterocycles. The molecule has 0 spiro atoms. The predicted molar refractivity (Wildman–Crippen MR) is 127 cm³/mol. The van der Waals surface area contributed by atoms with Crippen molar-refractivity contribution in [3.63, 3.8) is 0 Å². The van der Waals surface area contributed by atoms with E-state index >= 15 is 0 Å². The van der Waals surface area contributed by atoms with Crippen LogP contribution >= 0.6 is 0 Å². The molecule has 3 rings (SSSR count). The number of hydrogen-bond donors (Lipinski definition) is 2. The van der Waals surface area contributed by atoms with E-state index < -0.39 is 6.10 Å². The number of nitrogens with zero attached hydrogens (tertiary/aromatic N) is 3. The molecule has 6 heteroatoms. The van der Waals surface area contributed by atoms with Crippen molar-refractivity contribution >= 4 is 5.82 Å². The van der Waals surface area contributed by atoms with E-state index in [2.05, 4.69) is 38.0 Å². The van der Waals surface area contributed by atoms with Crippen molar-refractivity contribution in [3.05, 3.63) is 35.5 Å². The van der Waals surface area contributed by atoms with Crippen molar-refractivity contribution in [2.45, 2.75) is 70.9 Å². The predicted octanol–water partition coefficient (Wildman–Crippen LogP) is 4.30. The van der Waals surface area contributed by atoms with Crippen molar-refractivity contribution in [1.29, 1.82) is 0 Å². The molecule has 1 aliphatic rings. The second-order valence-electron chi connectivity index (χ2n) is 8.99. The van der Waals surface area contributed by atoms with Crippen molar-refractivity contribution < 1.29 is 9.84 Å². The average Bonchev–Trinajstić information content (AvgIpc) is 2.78. The second-order valence-corrected chi connectivity index (χ2v) is 8.99. The van der Waals surface area contributed by atoms with E-state index in [1.807, 2.05) is 31.3 Å². The quantitative estimate of drug-likeness (QED) is 0.623. The Morgan fingerprint density at radius 1 is 1.19 bits per heavy atom. The molecular weight excluding hydrogens is 388 g/mol. The molecule has 2 aromatic rings. The molecule has 0 amide bonds. The van der Waals surface area contributed by atoms with Crippen LogP contribution in [0.15, 0.2) is 24.3 Å². The molecule has 2 N–H and O–H groups in total. The molecule has 1 aliphatic carbocycles. The Morgan fingerprint density at radius 2 is 1.94 bits per heavy atom. The minimum absolute atomic E-state index is 0.242. The highest BCUT2D eigenvalue weighted by atomic mass is 16.5. The van der Waals surface area contributed by atoms with Gasteiger partial charge in [0.25, 0.3) is 0 Å². The van der Waals surface area contributed by atoms with Crippen molar-refractivity contribution in [2.24, 2.45) is 0 Å². The van der Waals surface area contributed by atoms with Crippen molar-refractivity contribution in [1.82, 2.24) is 15.3 Å². The first kappa shape index (κ1) is 23.5. The summed E-state index contributed by atoms with van der Waals surface area (Å²) in [5.41, 5.74) is 3.20.